The predicted molar refractivity (Wildman–Crippen MR) is 58.8 cm³/mol. The first-order valence-electron chi connectivity index (χ1n) is 5.23. The molecule has 0 saturated heterocycles. The largest absolute Gasteiger partial charge is 0.573 e. The molecule has 105 valence electrons. The number of rotatable bonds is 2. The minimum atomic E-state index is -4.82. The fraction of sp³-hybridized carbons (Fsp3) is 0.417. The van der Waals surface area contributed by atoms with E-state index >= 15 is 0 Å². The van der Waals surface area contributed by atoms with E-state index in [-0.39, 0.29) is 5.75 Å². The van der Waals surface area contributed by atoms with E-state index < -0.39 is 23.9 Å². The van der Waals surface area contributed by atoms with Crippen LogP contribution in [0, 0.1) is 6.07 Å². The smallest absolute Gasteiger partial charge is 0.428 e. The molecule has 0 aliphatic heterocycles. The van der Waals surface area contributed by atoms with Gasteiger partial charge in [-0.2, -0.15) is 0 Å². The Kier molecular flexibility index (Phi) is 4.28. The highest BCUT2D eigenvalue weighted by Crippen LogP contribution is 2.26. The summed E-state index contributed by atoms with van der Waals surface area (Å²) < 4.78 is 49.2. The van der Waals surface area contributed by atoms with Crippen LogP contribution in [0.15, 0.2) is 18.2 Å². The van der Waals surface area contributed by atoms with Crippen molar-refractivity contribution < 1.29 is 32.2 Å². The van der Waals surface area contributed by atoms with Crippen LogP contribution in [0.4, 0.5) is 18.0 Å². The van der Waals surface area contributed by atoms with Gasteiger partial charge in [0.15, 0.2) is 0 Å². The average molecular weight is 277 g/mol. The highest BCUT2D eigenvalue weighted by Gasteiger charge is 2.31. The Morgan fingerprint density at radius 3 is 2.26 bits per heavy atom. The molecule has 0 aliphatic carbocycles. The molecule has 0 unspecified atom stereocenters. The van der Waals surface area contributed by atoms with Crippen LogP contribution in [0.2, 0.25) is 0 Å². The van der Waals surface area contributed by atoms with Gasteiger partial charge in [-0.05, 0) is 39.0 Å². The standard InChI is InChI=1S/C12H12F3O4/c1-11(2,3)19-10(16)17-8-5-4-6-9(7-8)18-12(13,14)15/h5-7H,1-3H3. The number of carbonyl (C=O) groups excluding carboxylic acids is 1. The molecule has 0 bridgehead atoms. The number of alkyl halides is 3. The number of hydrogen-bond acceptors (Lipinski definition) is 4. The second kappa shape index (κ2) is 5.38. The lowest BCUT2D eigenvalue weighted by Gasteiger charge is -2.18. The molecule has 0 amide bonds. The van der Waals surface area contributed by atoms with Crippen LogP contribution >= 0.6 is 0 Å². The van der Waals surface area contributed by atoms with E-state index in [4.69, 9.17) is 9.47 Å². The van der Waals surface area contributed by atoms with Crippen molar-refractivity contribution in [2.45, 2.75) is 32.7 Å². The van der Waals surface area contributed by atoms with Crippen molar-refractivity contribution in [2.24, 2.45) is 0 Å². The molecule has 1 rings (SSSR count). The van der Waals surface area contributed by atoms with Gasteiger partial charge in [-0.1, -0.05) is 0 Å². The van der Waals surface area contributed by atoms with Crippen LogP contribution in [0.1, 0.15) is 20.8 Å². The van der Waals surface area contributed by atoms with Gasteiger partial charge in [0.05, 0.1) is 0 Å². The summed E-state index contributed by atoms with van der Waals surface area (Å²) >= 11 is 0. The maximum atomic E-state index is 12.0. The van der Waals surface area contributed by atoms with Gasteiger partial charge in [-0.15, -0.1) is 13.2 Å². The van der Waals surface area contributed by atoms with Gasteiger partial charge in [0.1, 0.15) is 17.1 Å². The van der Waals surface area contributed by atoms with E-state index in [1.807, 2.05) is 0 Å². The molecule has 1 radical (unpaired) electrons. The Hall–Kier alpha value is -1.92. The van der Waals surface area contributed by atoms with E-state index in [1.165, 1.54) is 6.07 Å². The third kappa shape index (κ3) is 6.54. The normalized spacial score (nSPS) is 11.9. The molecule has 0 saturated carbocycles. The number of hydrogen-bond donors (Lipinski definition) is 0. The molecule has 4 nitrogen and oxygen atoms in total. The molecule has 0 heterocycles. The summed E-state index contributed by atoms with van der Waals surface area (Å²) in [5.74, 6) is -0.690. The summed E-state index contributed by atoms with van der Waals surface area (Å²) in [7, 11) is 0. The molecular formula is C12H12F3O4. The zero-order chi connectivity index (χ0) is 14.7. The van der Waals surface area contributed by atoms with Crippen LogP contribution in [-0.4, -0.2) is 18.1 Å². The van der Waals surface area contributed by atoms with E-state index in [9.17, 15) is 18.0 Å². The summed E-state index contributed by atoms with van der Waals surface area (Å²) in [6, 6.07) is 5.43. The van der Waals surface area contributed by atoms with Gasteiger partial charge in [0, 0.05) is 6.07 Å². The van der Waals surface area contributed by atoms with Gasteiger partial charge >= 0.3 is 12.5 Å². The van der Waals surface area contributed by atoms with E-state index in [0.717, 1.165) is 12.1 Å². The lowest BCUT2D eigenvalue weighted by Crippen LogP contribution is -2.26. The first-order chi connectivity index (χ1) is 8.55. The molecular weight excluding hydrogens is 265 g/mol. The maximum Gasteiger partial charge on any atom is 0.573 e. The first-order valence-corrected chi connectivity index (χ1v) is 5.23. The number of benzene rings is 1. The highest BCUT2D eigenvalue weighted by molar-refractivity contribution is 5.64. The van der Waals surface area contributed by atoms with Crippen LogP contribution < -0.4 is 9.47 Å². The Bertz CT molecular complexity index is 449. The summed E-state index contributed by atoms with van der Waals surface area (Å²) in [5.41, 5.74) is -0.763. The number of carbonyl (C=O) groups is 1. The molecule has 19 heavy (non-hydrogen) atoms. The molecule has 0 aromatic heterocycles. The molecule has 1 aromatic rings. The second-order valence-corrected chi connectivity index (χ2v) is 4.52. The second-order valence-electron chi connectivity index (χ2n) is 4.52. The third-order valence-corrected chi connectivity index (χ3v) is 1.56. The molecule has 0 fully saturated rings. The van der Waals surface area contributed by atoms with Gasteiger partial charge in [-0.25, -0.2) is 4.79 Å². The minimum absolute atomic E-state index is 0.156. The van der Waals surface area contributed by atoms with E-state index in [0.29, 0.717) is 0 Å². The Morgan fingerprint density at radius 1 is 1.16 bits per heavy atom. The predicted octanol–water partition coefficient (Wildman–Crippen LogP) is 3.70. The number of ether oxygens (including phenoxy) is 3. The van der Waals surface area contributed by atoms with Crippen LogP contribution in [0.25, 0.3) is 0 Å². The van der Waals surface area contributed by atoms with E-state index in [1.54, 1.807) is 20.8 Å². The first kappa shape index (κ1) is 15.1. The van der Waals surface area contributed by atoms with Crippen molar-refractivity contribution >= 4 is 6.16 Å². The lowest BCUT2D eigenvalue weighted by atomic mass is 10.2. The highest BCUT2D eigenvalue weighted by atomic mass is 19.4. The van der Waals surface area contributed by atoms with Crippen molar-refractivity contribution in [2.75, 3.05) is 0 Å². The van der Waals surface area contributed by atoms with E-state index in [2.05, 4.69) is 10.8 Å². The Balaban J connectivity index is 2.70. The molecule has 0 N–H and O–H groups in total. The molecule has 0 aliphatic rings. The fourth-order valence-corrected chi connectivity index (χ4v) is 1.05. The molecule has 7 heteroatoms. The van der Waals surface area contributed by atoms with Crippen molar-refractivity contribution in [3.63, 3.8) is 0 Å². The zero-order valence-corrected chi connectivity index (χ0v) is 10.5. The summed E-state index contributed by atoms with van der Waals surface area (Å²) in [6.07, 6.45) is -5.84. The SMILES string of the molecule is CC(C)(C)OC(=O)Oc1c[c]cc(OC(F)(F)F)c1. The summed E-state index contributed by atoms with van der Waals surface area (Å²) in [6.45, 7) is 4.89. The van der Waals surface area contributed by atoms with Crippen LogP contribution in [0.3, 0.4) is 0 Å². The van der Waals surface area contributed by atoms with Crippen molar-refractivity contribution in [3.05, 3.63) is 24.3 Å². The van der Waals surface area contributed by atoms with Gasteiger partial charge in [0.25, 0.3) is 0 Å². The lowest BCUT2D eigenvalue weighted by molar-refractivity contribution is -0.274. The summed E-state index contributed by atoms with van der Waals surface area (Å²) in [5, 5.41) is 0. The monoisotopic (exact) mass is 277 g/mol. The average Bonchev–Trinajstić information content (AvgIpc) is 2.11. The molecule has 1 aromatic carbocycles. The topological polar surface area (TPSA) is 44.8 Å². The van der Waals surface area contributed by atoms with Crippen LogP contribution in [-0.2, 0) is 4.74 Å². The Morgan fingerprint density at radius 2 is 1.74 bits per heavy atom. The summed E-state index contributed by atoms with van der Waals surface area (Å²) in [4.78, 5) is 11.3. The molecule has 0 spiro atoms. The van der Waals surface area contributed by atoms with Crippen molar-refractivity contribution in [3.8, 4) is 11.5 Å². The number of halogens is 3. The maximum absolute atomic E-state index is 12.0. The van der Waals surface area contributed by atoms with Gasteiger partial charge < -0.3 is 14.2 Å². The zero-order valence-electron chi connectivity index (χ0n) is 10.5. The fourth-order valence-electron chi connectivity index (χ4n) is 1.05. The van der Waals surface area contributed by atoms with Gasteiger partial charge in [0.2, 0.25) is 0 Å². The van der Waals surface area contributed by atoms with Crippen molar-refractivity contribution in [1.29, 1.82) is 0 Å². The van der Waals surface area contributed by atoms with Gasteiger partial charge in [-0.3, -0.25) is 0 Å². The quantitative estimate of drug-likeness (QED) is 0.610. The third-order valence-electron chi connectivity index (χ3n) is 1.56. The van der Waals surface area contributed by atoms with Crippen molar-refractivity contribution in [1.82, 2.24) is 0 Å². The molecule has 0 atom stereocenters. The Labute approximate surface area is 108 Å². The minimum Gasteiger partial charge on any atom is -0.428 e. The van der Waals surface area contributed by atoms with Crippen LogP contribution in [0.5, 0.6) is 11.5 Å².